The van der Waals surface area contributed by atoms with Gasteiger partial charge in [0.05, 0.1) is 12.8 Å². The molecule has 36 heavy (non-hydrogen) atoms. The van der Waals surface area contributed by atoms with Crippen LogP contribution in [0.15, 0.2) is 41.3 Å². The smallest absolute Gasteiger partial charge is 0.410 e. The van der Waals surface area contributed by atoms with Crippen LogP contribution in [0.4, 0.5) is 10.5 Å². The largest absolute Gasteiger partial charge is 0.495 e. The molecule has 0 radical (unpaired) electrons. The molecule has 2 aromatic rings. The minimum absolute atomic E-state index is 0.182. The van der Waals surface area contributed by atoms with Crippen LogP contribution in [0.5, 0.6) is 5.75 Å². The standard InChI is InChI=1S/C27H36ClN3O4S/c1-6-36-24-10-8-20(28)15-19(24)17-29-25(32)18-7-9-22(23(16-18)34-5)30-21-11-13-31(14-12-21)26(33)35-27(2,3)4/h7-10,15-16,21,30H,6,11-14,17H2,1-5H3,(H,29,32). The average molecular weight is 534 g/mol. The van der Waals surface area contributed by atoms with Crippen molar-refractivity contribution >= 4 is 41.1 Å². The molecular formula is C27H36ClN3O4S. The number of halogens is 1. The summed E-state index contributed by atoms with van der Waals surface area (Å²) in [4.78, 5) is 28.0. The molecule has 0 bridgehead atoms. The molecule has 9 heteroatoms. The van der Waals surface area contributed by atoms with Crippen LogP contribution in [-0.2, 0) is 11.3 Å². The zero-order valence-electron chi connectivity index (χ0n) is 21.7. The van der Waals surface area contributed by atoms with Gasteiger partial charge in [-0.25, -0.2) is 4.79 Å². The van der Waals surface area contributed by atoms with Gasteiger partial charge in [0.1, 0.15) is 11.4 Å². The first-order chi connectivity index (χ1) is 17.1. The van der Waals surface area contributed by atoms with Gasteiger partial charge >= 0.3 is 6.09 Å². The van der Waals surface area contributed by atoms with Crippen LogP contribution in [-0.4, -0.2) is 54.5 Å². The molecule has 0 saturated carbocycles. The van der Waals surface area contributed by atoms with E-state index in [-0.39, 0.29) is 18.0 Å². The molecule has 2 aromatic carbocycles. The van der Waals surface area contributed by atoms with E-state index in [1.807, 2.05) is 45.0 Å². The highest BCUT2D eigenvalue weighted by Gasteiger charge is 2.27. The molecule has 7 nitrogen and oxygen atoms in total. The Morgan fingerprint density at radius 2 is 1.86 bits per heavy atom. The van der Waals surface area contributed by atoms with Crippen LogP contribution < -0.4 is 15.4 Å². The van der Waals surface area contributed by atoms with Crippen molar-refractivity contribution in [2.24, 2.45) is 0 Å². The van der Waals surface area contributed by atoms with Gasteiger partial charge in [0.2, 0.25) is 0 Å². The number of nitrogens with zero attached hydrogens (tertiary/aromatic N) is 1. The van der Waals surface area contributed by atoms with Gasteiger partial charge in [-0.15, -0.1) is 11.8 Å². The van der Waals surface area contributed by atoms with Crippen molar-refractivity contribution in [2.45, 2.75) is 63.6 Å². The van der Waals surface area contributed by atoms with Crippen molar-refractivity contribution in [3.05, 3.63) is 52.5 Å². The number of nitrogens with one attached hydrogen (secondary N) is 2. The Balaban J connectivity index is 1.58. The van der Waals surface area contributed by atoms with Crippen molar-refractivity contribution in [2.75, 3.05) is 31.3 Å². The molecule has 1 saturated heterocycles. The number of thioether (sulfide) groups is 1. The highest BCUT2D eigenvalue weighted by atomic mass is 35.5. The first kappa shape index (κ1) is 28.0. The first-order valence-corrected chi connectivity index (χ1v) is 13.6. The fourth-order valence-electron chi connectivity index (χ4n) is 3.96. The van der Waals surface area contributed by atoms with Gasteiger partial charge in [0.15, 0.2) is 0 Å². The van der Waals surface area contributed by atoms with E-state index in [0.717, 1.165) is 34.7 Å². The minimum atomic E-state index is -0.501. The average Bonchev–Trinajstić information content (AvgIpc) is 2.83. The fourth-order valence-corrected chi connectivity index (χ4v) is 4.95. The normalized spacial score (nSPS) is 14.3. The molecule has 0 spiro atoms. The number of amides is 2. The summed E-state index contributed by atoms with van der Waals surface area (Å²) in [5.41, 5.74) is 1.83. The van der Waals surface area contributed by atoms with Crippen LogP contribution in [0, 0.1) is 0 Å². The topological polar surface area (TPSA) is 79.9 Å². The molecular weight excluding hydrogens is 498 g/mol. The number of methoxy groups -OCH3 is 1. The fraction of sp³-hybridized carbons (Fsp3) is 0.481. The van der Waals surface area contributed by atoms with Crippen LogP contribution in [0.2, 0.25) is 5.02 Å². The predicted octanol–water partition coefficient (Wildman–Crippen LogP) is 6.20. The molecule has 2 amide bonds. The van der Waals surface area contributed by atoms with Gasteiger partial charge in [0.25, 0.3) is 5.91 Å². The number of hydrogen-bond acceptors (Lipinski definition) is 6. The van der Waals surface area contributed by atoms with Gasteiger partial charge in [-0.05, 0) is 81.3 Å². The highest BCUT2D eigenvalue weighted by Crippen LogP contribution is 2.29. The van der Waals surface area contributed by atoms with Crippen molar-refractivity contribution in [1.82, 2.24) is 10.2 Å². The van der Waals surface area contributed by atoms with E-state index < -0.39 is 5.60 Å². The Morgan fingerprint density at radius 1 is 1.14 bits per heavy atom. The zero-order chi connectivity index (χ0) is 26.3. The molecule has 1 aliphatic rings. The van der Waals surface area contributed by atoms with E-state index in [2.05, 4.69) is 17.6 Å². The highest BCUT2D eigenvalue weighted by molar-refractivity contribution is 7.99. The van der Waals surface area contributed by atoms with Gasteiger partial charge in [-0.3, -0.25) is 4.79 Å². The second kappa shape index (κ2) is 12.6. The summed E-state index contributed by atoms with van der Waals surface area (Å²) in [5, 5.41) is 7.14. The molecule has 0 aliphatic carbocycles. The maximum atomic E-state index is 12.9. The number of piperidine rings is 1. The molecule has 2 N–H and O–H groups in total. The Hall–Kier alpha value is -2.58. The molecule has 0 aromatic heterocycles. The summed E-state index contributed by atoms with van der Waals surface area (Å²) in [7, 11) is 1.59. The van der Waals surface area contributed by atoms with E-state index in [1.165, 1.54) is 0 Å². The molecule has 3 rings (SSSR count). The van der Waals surface area contributed by atoms with Gasteiger partial charge in [-0.1, -0.05) is 18.5 Å². The Kier molecular flexibility index (Phi) is 9.79. The third-order valence-corrected chi connectivity index (χ3v) is 6.96. The minimum Gasteiger partial charge on any atom is -0.495 e. The number of likely N-dealkylation sites (tertiary alicyclic amines) is 1. The second-order valence-corrected chi connectivity index (χ2v) is 11.4. The maximum Gasteiger partial charge on any atom is 0.410 e. The Morgan fingerprint density at radius 3 is 2.50 bits per heavy atom. The molecule has 1 aliphatic heterocycles. The van der Waals surface area contributed by atoms with Crippen molar-refractivity contribution in [1.29, 1.82) is 0 Å². The van der Waals surface area contributed by atoms with Crippen molar-refractivity contribution in [3.8, 4) is 5.75 Å². The van der Waals surface area contributed by atoms with E-state index in [4.69, 9.17) is 21.1 Å². The summed E-state index contributed by atoms with van der Waals surface area (Å²) in [6, 6.07) is 11.3. The summed E-state index contributed by atoms with van der Waals surface area (Å²) in [5.74, 6) is 1.36. The molecule has 1 fully saturated rings. The van der Waals surface area contributed by atoms with Crippen molar-refractivity contribution in [3.63, 3.8) is 0 Å². The number of benzene rings is 2. The predicted molar refractivity (Wildman–Crippen MR) is 146 cm³/mol. The van der Waals surface area contributed by atoms with Crippen LogP contribution in [0.25, 0.3) is 0 Å². The summed E-state index contributed by atoms with van der Waals surface area (Å²) in [6.45, 7) is 9.34. The van der Waals surface area contributed by atoms with Crippen LogP contribution in [0.3, 0.4) is 0 Å². The Bertz CT molecular complexity index is 1070. The number of carbonyl (C=O) groups excluding carboxylic acids is 2. The van der Waals surface area contributed by atoms with Crippen molar-refractivity contribution < 1.29 is 19.1 Å². The molecule has 0 atom stereocenters. The SMILES string of the molecule is CCSc1ccc(Cl)cc1CNC(=O)c1ccc(NC2CCN(C(=O)OC(C)(C)C)CC2)c(OC)c1. The van der Waals surface area contributed by atoms with Gasteiger partial charge < -0.3 is 25.0 Å². The number of ether oxygens (including phenoxy) is 2. The van der Waals surface area contributed by atoms with Gasteiger partial charge in [-0.2, -0.15) is 0 Å². The summed E-state index contributed by atoms with van der Waals surface area (Å²) < 4.78 is 11.0. The number of hydrogen-bond donors (Lipinski definition) is 2. The molecule has 1 heterocycles. The number of rotatable bonds is 8. The van der Waals surface area contributed by atoms with E-state index in [9.17, 15) is 9.59 Å². The monoisotopic (exact) mass is 533 g/mol. The van der Waals surface area contributed by atoms with Gasteiger partial charge in [0, 0.05) is 41.2 Å². The number of carbonyl (C=O) groups is 2. The number of anilines is 1. The Labute approximate surface area is 223 Å². The maximum absolute atomic E-state index is 12.9. The second-order valence-electron chi connectivity index (χ2n) is 9.67. The lowest BCUT2D eigenvalue weighted by molar-refractivity contribution is 0.0210. The van der Waals surface area contributed by atoms with E-state index in [0.29, 0.717) is 36.0 Å². The molecule has 0 unspecified atom stereocenters. The lowest BCUT2D eigenvalue weighted by atomic mass is 10.0. The quantitative estimate of drug-likeness (QED) is 0.393. The zero-order valence-corrected chi connectivity index (χ0v) is 23.2. The lowest BCUT2D eigenvalue weighted by Crippen LogP contribution is -2.44. The summed E-state index contributed by atoms with van der Waals surface area (Å²) in [6.07, 6.45) is 1.32. The van der Waals surface area contributed by atoms with Crippen LogP contribution >= 0.6 is 23.4 Å². The first-order valence-electron chi connectivity index (χ1n) is 12.2. The van der Waals surface area contributed by atoms with E-state index >= 15 is 0 Å². The van der Waals surface area contributed by atoms with E-state index in [1.54, 1.807) is 35.9 Å². The third kappa shape index (κ3) is 7.96. The molecule has 196 valence electrons. The lowest BCUT2D eigenvalue weighted by Gasteiger charge is -2.34. The summed E-state index contributed by atoms with van der Waals surface area (Å²) >= 11 is 7.88. The third-order valence-electron chi connectivity index (χ3n) is 5.73. The van der Waals surface area contributed by atoms with Crippen LogP contribution in [0.1, 0.15) is 56.5 Å².